The van der Waals surface area contributed by atoms with Gasteiger partial charge >= 0.3 is 0 Å². The molecule has 0 saturated carbocycles. The Bertz CT molecular complexity index is 551. The molecule has 0 N–H and O–H groups in total. The van der Waals surface area contributed by atoms with Gasteiger partial charge in [-0.1, -0.05) is 18.2 Å². The summed E-state index contributed by atoms with van der Waals surface area (Å²) in [4.78, 5) is 18.7. The summed E-state index contributed by atoms with van der Waals surface area (Å²) in [6, 6.07) is 9.89. The van der Waals surface area contributed by atoms with Crippen LogP contribution in [0.5, 0.6) is 0 Å². The van der Waals surface area contributed by atoms with E-state index in [2.05, 4.69) is 47.9 Å². The molecule has 4 heteroatoms. The number of carbonyl (C=O) groups excluding carboxylic acids is 1. The smallest absolute Gasteiger partial charge is 0.219 e. The van der Waals surface area contributed by atoms with Crippen LogP contribution in [0.2, 0.25) is 0 Å². The van der Waals surface area contributed by atoms with Crippen molar-refractivity contribution < 1.29 is 4.79 Å². The molecule has 1 amide bonds. The van der Waals surface area contributed by atoms with Crippen LogP contribution in [0.15, 0.2) is 24.3 Å². The van der Waals surface area contributed by atoms with Crippen LogP contribution in [0.25, 0.3) is 0 Å². The Balaban J connectivity index is 1.59. The predicted octanol–water partition coefficient (Wildman–Crippen LogP) is 2.52. The molecule has 0 aromatic heterocycles. The fraction of sp³-hybridized carbons (Fsp3) is 0.632. The highest BCUT2D eigenvalue weighted by atomic mass is 16.2. The summed E-state index contributed by atoms with van der Waals surface area (Å²) in [6.45, 7) is 11.4. The summed E-state index contributed by atoms with van der Waals surface area (Å²) in [7, 11) is 0. The van der Waals surface area contributed by atoms with Crippen molar-refractivity contribution in [3.05, 3.63) is 29.8 Å². The van der Waals surface area contributed by atoms with Gasteiger partial charge in [0.25, 0.3) is 0 Å². The first-order valence-corrected chi connectivity index (χ1v) is 8.88. The number of carbonyl (C=O) groups is 1. The van der Waals surface area contributed by atoms with E-state index in [0.717, 1.165) is 45.6 Å². The minimum Gasteiger partial charge on any atom is -0.368 e. The van der Waals surface area contributed by atoms with Gasteiger partial charge in [-0.25, -0.2) is 0 Å². The van der Waals surface area contributed by atoms with Crippen molar-refractivity contribution in [3.63, 3.8) is 0 Å². The SMILES string of the molecule is CC(=O)N1CCC(N2CCN(c3ccccc3C)CC2C)CC1. The van der Waals surface area contributed by atoms with Crippen molar-refractivity contribution in [2.75, 3.05) is 37.6 Å². The molecule has 2 aliphatic rings. The van der Waals surface area contributed by atoms with Crippen molar-refractivity contribution in [1.82, 2.24) is 9.80 Å². The zero-order valence-corrected chi connectivity index (χ0v) is 14.7. The fourth-order valence-corrected chi connectivity index (χ4v) is 4.16. The molecule has 0 aliphatic carbocycles. The molecule has 0 radical (unpaired) electrons. The maximum Gasteiger partial charge on any atom is 0.219 e. The van der Waals surface area contributed by atoms with Gasteiger partial charge in [-0.3, -0.25) is 9.69 Å². The van der Waals surface area contributed by atoms with Gasteiger partial charge in [0.05, 0.1) is 0 Å². The summed E-state index contributed by atoms with van der Waals surface area (Å²) < 4.78 is 0. The van der Waals surface area contributed by atoms with Gasteiger partial charge in [0.15, 0.2) is 0 Å². The minimum atomic E-state index is 0.223. The zero-order valence-electron chi connectivity index (χ0n) is 14.7. The predicted molar refractivity (Wildman–Crippen MR) is 94.8 cm³/mol. The van der Waals surface area contributed by atoms with E-state index in [4.69, 9.17) is 0 Å². The average molecular weight is 315 g/mol. The van der Waals surface area contributed by atoms with E-state index in [1.165, 1.54) is 11.3 Å². The van der Waals surface area contributed by atoms with Crippen molar-refractivity contribution >= 4 is 11.6 Å². The second kappa shape index (κ2) is 6.91. The maximum atomic E-state index is 11.5. The lowest BCUT2D eigenvalue weighted by Gasteiger charge is -2.47. The number of piperidine rings is 1. The highest BCUT2D eigenvalue weighted by molar-refractivity contribution is 5.73. The molecule has 2 saturated heterocycles. The van der Waals surface area contributed by atoms with E-state index < -0.39 is 0 Å². The van der Waals surface area contributed by atoms with Crippen LogP contribution >= 0.6 is 0 Å². The Hall–Kier alpha value is -1.55. The number of aryl methyl sites for hydroxylation is 1. The number of piperazine rings is 1. The topological polar surface area (TPSA) is 26.8 Å². The number of rotatable bonds is 2. The molecule has 1 aromatic rings. The van der Waals surface area contributed by atoms with Crippen LogP contribution in [-0.4, -0.2) is 60.5 Å². The summed E-state index contributed by atoms with van der Waals surface area (Å²) >= 11 is 0. The van der Waals surface area contributed by atoms with Crippen molar-refractivity contribution in [2.24, 2.45) is 0 Å². The Labute approximate surface area is 140 Å². The second-order valence-corrected chi connectivity index (χ2v) is 7.06. The molecule has 23 heavy (non-hydrogen) atoms. The Morgan fingerprint density at radius 1 is 1.09 bits per heavy atom. The first-order valence-electron chi connectivity index (χ1n) is 8.88. The molecule has 0 bridgehead atoms. The number of benzene rings is 1. The molecule has 126 valence electrons. The Kier molecular flexibility index (Phi) is 4.90. The first-order chi connectivity index (χ1) is 11.1. The highest BCUT2D eigenvalue weighted by Gasteiger charge is 2.32. The Morgan fingerprint density at radius 3 is 2.39 bits per heavy atom. The number of hydrogen-bond acceptors (Lipinski definition) is 3. The van der Waals surface area contributed by atoms with Crippen LogP contribution in [0.3, 0.4) is 0 Å². The van der Waals surface area contributed by atoms with Crippen molar-refractivity contribution in [1.29, 1.82) is 0 Å². The van der Waals surface area contributed by atoms with Crippen LogP contribution < -0.4 is 4.90 Å². The van der Waals surface area contributed by atoms with Crippen LogP contribution in [0.1, 0.15) is 32.3 Å². The number of amides is 1. The Morgan fingerprint density at radius 2 is 1.78 bits per heavy atom. The van der Waals surface area contributed by atoms with E-state index in [9.17, 15) is 4.79 Å². The molecular weight excluding hydrogens is 286 g/mol. The van der Waals surface area contributed by atoms with Crippen molar-refractivity contribution in [3.8, 4) is 0 Å². The lowest BCUT2D eigenvalue weighted by Crippen LogP contribution is -2.57. The molecule has 1 atom stereocenters. The van der Waals surface area contributed by atoms with E-state index >= 15 is 0 Å². The number of para-hydroxylation sites is 1. The number of hydrogen-bond donors (Lipinski definition) is 0. The third kappa shape index (κ3) is 3.52. The molecule has 3 rings (SSSR count). The molecular formula is C19H29N3O. The standard InChI is InChI=1S/C19H29N3O/c1-15-6-4-5-7-19(15)21-12-13-22(16(2)14-21)18-8-10-20(11-9-18)17(3)23/h4-7,16,18H,8-14H2,1-3H3. The normalized spacial score (nSPS) is 24.0. The third-order valence-electron chi connectivity index (χ3n) is 5.51. The molecule has 4 nitrogen and oxygen atoms in total. The quantitative estimate of drug-likeness (QED) is 0.839. The van der Waals surface area contributed by atoms with Crippen LogP contribution in [-0.2, 0) is 4.79 Å². The van der Waals surface area contributed by atoms with E-state index in [1.54, 1.807) is 6.92 Å². The maximum absolute atomic E-state index is 11.5. The monoisotopic (exact) mass is 315 g/mol. The van der Waals surface area contributed by atoms with E-state index in [0.29, 0.717) is 12.1 Å². The summed E-state index contributed by atoms with van der Waals surface area (Å²) in [6.07, 6.45) is 2.24. The van der Waals surface area contributed by atoms with Gasteiger partial charge in [0.1, 0.15) is 0 Å². The zero-order chi connectivity index (χ0) is 16.4. The summed E-state index contributed by atoms with van der Waals surface area (Å²) in [5, 5.41) is 0. The molecule has 0 spiro atoms. The van der Waals surface area contributed by atoms with E-state index in [1.807, 2.05) is 4.90 Å². The van der Waals surface area contributed by atoms with Gasteiger partial charge < -0.3 is 9.80 Å². The molecule has 2 fully saturated rings. The second-order valence-electron chi connectivity index (χ2n) is 7.06. The molecule has 1 unspecified atom stereocenters. The average Bonchev–Trinajstić information content (AvgIpc) is 2.55. The number of nitrogens with zero attached hydrogens (tertiary/aromatic N) is 3. The lowest BCUT2D eigenvalue weighted by atomic mass is 9.99. The summed E-state index contributed by atoms with van der Waals surface area (Å²) in [5.41, 5.74) is 2.74. The lowest BCUT2D eigenvalue weighted by molar-refractivity contribution is -0.130. The third-order valence-corrected chi connectivity index (χ3v) is 5.51. The van der Waals surface area contributed by atoms with Gasteiger partial charge in [-0.05, 0) is 38.3 Å². The molecule has 2 heterocycles. The largest absolute Gasteiger partial charge is 0.368 e. The number of anilines is 1. The molecule has 1 aromatic carbocycles. The van der Waals surface area contributed by atoms with Gasteiger partial charge in [-0.2, -0.15) is 0 Å². The van der Waals surface area contributed by atoms with Crippen LogP contribution in [0, 0.1) is 6.92 Å². The number of likely N-dealkylation sites (tertiary alicyclic amines) is 1. The highest BCUT2D eigenvalue weighted by Crippen LogP contribution is 2.26. The van der Waals surface area contributed by atoms with Crippen molar-refractivity contribution in [2.45, 2.75) is 45.7 Å². The minimum absolute atomic E-state index is 0.223. The fourth-order valence-electron chi connectivity index (χ4n) is 4.16. The molecule has 2 aliphatic heterocycles. The van der Waals surface area contributed by atoms with E-state index in [-0.39, 0.29) is 5.91 Å². The first kappa shape index (κ1) is 16.3. The van der Waals surface area contributed by atoms with Gasteiger partial charge in [0.2, 0.25) is 5.91 Å². The van der Waals surface area contributed by atoms with Crippen LogP contribution in [0.4, 0.5) is 5.69 Å². The summed E-state index contributed by atoms with van der Waals surface area (Å²) in [5.74, 6) is 0.223. The van der Waals surface area contributed by atoms with Gasteiger partial charge in [0, 0.05) is 57.4 Å². The van der Waals surface area contributed by atoms with Gasteiger partial charge in [-0.15, -0.1) is 0 Å².